The van der Waals surface area contributed by atoms with E-state index in [1.165, 1.54) is 12.1 Å². The summed E-state index contributed by atoms with van der Waals surface area (Å²) in [6, 6.07) is 6.46. The van der Waals surface area contributed by atoms with Gasteiger partial charge in [-0.2, -0.15) is 0 Å². The molecule has 3 rings (SSSR count). The minimum absolute atomic E-state index is 0.0620. The molecule has 1 amide bonds. The van der Waals surface area contributed by atoms with E-state index in [2.05, 4.69) is 0 Å². The van der Waals surface area contributed by atoms with Crippen molar-refractivity contribution in [3.05, 3.63) is 35.6 Å². The minimum Gasteiger partial charge on any atom is -0.370 e. The van der Waals surface area contributed by atoms with Crippen molar-refractivity contribution < 1.29 is 13.9 Å². The molecule has 4 nitrogen and oxygen atoms in total. The van der Waals surface area contributed by atoms with E-state index < -0.39 is 0 Å². The van der Waals surface area contributed by atoms with Crippen LogP contribution in [0, 0.1) is 11.7 Å². The molecule has 1 heterocycles. The second-order valence-corrected chi connectivity index (χ2v) is 5.97. The molecule has 3 atom stereocenters. The fourth-order valence-electron chi connectivity index (χ4n) is 3.23. The zero-order valence-electron chi connectivity index (χ0n) is 12.0. The highest BCUT2D eigenvalue weighted by molar-refractivity contribution is 5.79. The summed E-state index contributed by atoms with van der Waals surface area (Å²) in [5, 5.41) is 0. The number of ether oxygens (including phenoxy) is 1. The van der Waals surface area contributed by atoms with Crippen LogP contribution in [0.2, 0.25) is 0 Å². The molecular formula is C16H21FN2O2. The molecule has 0 radical (unpaired) electrons. The number of nitrogens with two attached hydrogens (primary N) is 1. The minimum atomic E-state index is -0.262. The summed E-state index contributed by atoms with van der Waals surface area (Å²) in [6.45, 7) is 1.69. The molecule has 1 saturated heterocycles. The van der Waals surface area contributed by atoms with E-state index in [9.17, 15) is 9.18 Å². The predicted molar refractivity (Wildman–Crippen MR) is 77.0 cm³/mol. The van der Waals surface area contributed by atoms with Crippen LogP contribution in [0.5, 0.6) is 0 Å². The van der Waals surface area contributed by atoms with Gasteiger partial charge in [0.1, 0.15) is 11.9 Å². The molecule has 114 valence electrons. The maximum absolute atomic E-state index is 13.0. The summed E-state index contributed by atoms with van der Waals surface area (Å²) in [5.74, 6) is -0.00670. The Kier molecular flexibility index (Phi) is 4.22. The van der Waals surface area contributed by atoms with E-state index in [1.807, 2.05) is 4.90 Å². The first-order chi connectivity index (χ1) is 10.1. The number of carbonyl (C=O) groups is 1. The van der Waals surface area contributed by atoms with Crippen molar-refractivity contribution in [2.24, 2.45) is 11.7 Å². The Bertz CT molecular complexity index is 506. The number of amides is 1. The summed E-state index contributed by atoms with van der Waals surface area (Å²) < 4.78 is 18.7. The van der Waals surface area contributed by atoms with Crippen molar-refractivity contribution in [3.8, 4) is 0 Å². The maximum atomic E-state index is 13.0. The van der Waals surface area contributed by atoms with E-state index in [4.69, 9.17) is 10.5 Å². The lowest BCUT2D eigenvalue weighted by Crippen LogP contribution is -2.44. The number of hydrogen-bond donors (Lipinski definition) is 1. The standard InChI is InChI=1S/C16H21FN2O2/c17-13-4-1-11(2-5-13)15-10-19(7-8-21-15)16(20)12-3-6-14(18)9-12/h1-2,4-5,12,14-15H,3,6-10,18H2. The third-order valence-corrected chi connectivity index (χ3v) is 4.44. The first-order valence-corrected chi connectivity index (χ1v) is 7.55. The summed E-state index contributed by atoms with van der Waals surface area (Å²) in [5.41, 5.74) is 6.81. The van der Waals surface area contributed by atoms with Gasteiger partial charge in [0, 0.05) is 18.5 Å². The molecular weight excluding hydrogens is 271 g/mol. The molecule has 2 fully saturated rings. The molecule has 5 heteroatoms. The fraction of sp³-hybridized carbons (Fsp3) is 0.562. The van der Waals surface area contributed by atoms with Crippen LogP contribution >= 0.6 is 0 Å². The lowest BCUT2D eigenvalue weighted by Gasteiger charge is -2.34. The second-order valence-electron chi connectivity index (χ2n) is 5.97. The molecule has 1 aliphatic heterocycles. The number of benzene rings is 1. The van der Waals surface area contributed by atoms with Crippen molar-refractivity contribution in [1.82, 2.24) is 4.90 Å². The highest BCUT2D eigenvalue weighted by atomic mass is 19.1. The van der Waals surface area contributed by atoms with E-state index in [1.54, 1.807) is 12.1 Å². The quantitative estimate of drug-likeness (QED) is 0.905. The van der Waals surface area contributed by atoms with Gasteiger partial charge in [0.15, 0.2) is 0 Å². The van der Waals surface area contributed by atoms with Gasteiger partial charge in [0.25, 0.3) is 0 Å². The van der Waals surface area contributed by atoms with Gasteiger partial charge in [-0.15, -0.1) is 0 Å². The molecule has 2 N–H and O–H groups in total. The fourth-order valence-corrected chi connectivity index (χ4v) is 3.23. The van der Waals surface area contributed by atoms with Crippen molar-refractivity contribution in [3.63, 3.8) is 0 Å². The van der Waals surface area contributed by atoms with Gasteiger partial charge >= 0.3 is 0 Å². The highest BCUT2D eigenvalue weighted by Gasteiger charge is 2.33. The Morgan fingerprint density at radius 1 is 1.29 bits per heavy atom. The topological polar surface area (TPSA) is 55.6 Å². The molecule has 0 bridgehead atoms. The molecule has 1 aromatic carbocycles. The second kappa shape index (κ2) is 6.12. The first kappa shape index (κ1) is 14.5. The zero-order valence-corrected chi connectivity index (χ0v) is 12.0. The Morgan fingerprint density at radius 2 is 2.05 bits per heavy atom. The van der Waals surface area contributed by atoms with Crippen LogP contribution in [0.4, 0.5) is 4.39 Å². The number of carbonyl (C=O) groups excluding carboxylic acids is 1. The van der Waals surface area contributed by atoms with Crippen molar-refractivity contribution in [1.29, 1.82) is 0 Å². The SMILES string of the molecule is NC1CCC(C(=O)N2CCOC(c3ccc(F)cc3)C2)C1. The molecule has 1 saturated carbocycles. The van der Waals surface area contributed by atoms with E-state index in [0.717, 1.165) is 24.8 Å². The van der Waals surface area contributed by atoms with Crippen LogP contribution in [-0.2, 0) is 9.53 Å². The average Bonchev–Trinajstić information content (AvgIpc) is 2.94. The lowest BCUT2D eigenvalue weighted by molar-refractivity contribution is -0.143. The van der Waals surface area contributed by atoms with Gasteiger partial charge in [-0.05, 0) is 37.0 Å². The molecule has 3 unspecified atom stereocenters. The number of nitrogens with zero attached hydrogens (tertiary/aromatic N) is 1. The van der Waals surface area contributed by atoms with Gasteiger partial charge < -0.3 is 15.4 Å². The Morgan fingerprint density at radius 3 is 2.71 bits per heavy atom. The lowest BCUT2D eigenvalue weighted by atomic mass is 10.0. The van der Waals surface area contributed by atoms with E-state index in [-0.39, 0.29) is 29.8 Å². The van der Waals surface area contributed by atoms with Crippen LogP contribution in [0.3, 0.4) is 0 Å². The Hall–Kier alpha value is -1.46. The third kappa shape index (κ3) is 3.24. The number of morpholine rings is 1. The van der Waals surface area contributed by atoms with Crippen molar-refractivity contribution >= 4 is 5.91 Å². The number of halogens is 1. The van der Waals surface area contributed by atoms with Crippen LogP contribution in [0.1, 0.15) is 30.9 Å². The van der Waals surface area contributed by atoms with E-state index >= 15 is 0 Å². The largest absolute Gasteiger partial charge is 0.370 e. The van der Waals surface area contributed by atoms with Crippen LogP contribution in [0.25, 0.3) is 0 Å². The monoisotopic (exact) mass is 292 g/mol. The summed E-state index contributed by atoms with van der Waals surface area (Å²) in [4.78, 5) is 14.4. The normalized spacial score (nSPS) is 29.6. The smallest absolute Gasteiger partial charge is 0.225 e. The molecule has 1 aliphatic carbocycles. The van der Waals surface area contributed by atoms with Crippen LogP contribution in [-0.4, -0.2) is 36.5 Å². The number of rotatable bonds is 2. The average molecular weight is 292 g/mol. The van der Waals surface area contributed by atoms with Crippen LogP contribution < -0.4 is 5.73 Å². The Labute approximate surface area is 124 Å². The highest BCUT2D eigenvalue weighted by Crippen LogP contribution is 2.29. The van der Waals surface area contributed by atoms with Gasteiger partial charge in [0.2, 0.25) is 5.91 Å². The van der Waals surface area contributed by atoms with Gasteiger partial charge in [-0.25, -0.2) is 4.39 Å². The third-order valence-electron chi connectivity index (χ3n) is 4.44. The molecule has 1 aromatic rings. The van der Waals surface area contributed by atoms with Gasteiger partial charge in [-0.3, -0.25) is 4.79 Å². The Balaban J connectivity index is 1.65. The zero-order chi connectivity index (χ0) is 14.8. The van der Waals surface area contributed by atoms with Gasteiger partial charge in [0.05, 0.1) is 13.2 Å². The van der Waals surface area contributed by atoms with Crippen LogP contribution in [0.15, 0.2) is 24.3 Å². The predicted octanol–water partition coefficient (Wildman–Crippen LogP) is 1.85. The van der Waals surface area contributed by atoms with E-state index in [0.29, 0.717) is 19.7 Å². The first-order valence-electron chi connectivity index (χ1n) is 7.55. The summed E-state index contributed by atoms with van der Waals surface area (Å²) in [7, 11) is 0. The number of hydrogen-bond acceptors (Lipinski definition) is 3. The maximum Gasteiger partial charge on any atom is 0.225 e. The van der Waals surface area contributed by atoms with Gasteiger partial charge in [-0.1, -0.05) is 12.1 Å². The van der Waals surface area contributed by atoms with Crippen molar-refractivity contribution in [2.75, 3.05) is 19.7 Å². The summed E-state index contributed by atoms with van der Waals surface area (Å²) in [6.07, 6.45) is 2.44. The molecule has 2 aliphatic rings. The molecule has 0 spiro atoms. The summed E-state index contributed by atoms with van der Waals surface area (Å²) >= 11 is 0. The molecule has 0 aromatic heterocycles. The molecule has 21 heavy (non-hydrogen) atoms. The van der Waals surface area contributed by atoms with Crippen molar-refractivity contribution in [2.45, 2.75) is 31.4 Å².